The predicted octanol–water partition coefficient (Wildman–Crippen LogP) is 1.72. The van der Waals surface area contributed by atoms with Gasteiger partial charge in [0, 0.05) is 6.04 Å². The molecule has 0 atom stereocenters. The molecule has 0 aliphatic heterocycles. The average Bonchev–Trinajstić information content (AvgIpc) is 2.26. The van der Waals surface area contributed by atoms with Gasteiger partial charge in [0.1, 0.15) is 0 Å². The Bertz CT molecular complexity index is 360. The molecule has 1 N–H and O–H groups in total. The Morgan fingerprint density at radius 1 is 1.17 bits per heavy atom. The molecule has 4 saturated carbocycles. The quantitative estimate of drug-likeness (QED) is 0.769. The van der Waals surface area contributed by atoms with E-state index in [1.54, 1.807) is 0 Å². The third kappa shape index (κ3) is 2.01. The SMILES string of the molecule is N#CCN(CC(=O)O)C1C2CC3CC(C2)CC1C3. The fourth-order valence-corrected chi connectivity index (χ4v) is 5.02. The fourth-order valence-electron chi connectivity index (χ4n) is 5.02. The van der Waals surface area contributed by atoms with Gasteiger partial charge in [0.25, 0.3) is 0 Å². The minimum Gasteiger partial charge on any atom is -0.480 e. The molecule has 0 aromatic heterocycles. The van der Waals surface area contributed by atoms with Gasteiger partial charge in [-0.25, -0.2) is 0 Å². The molecular formula is C14H20N2O2. The molecule has 4 rings (SSSR count). The third-order valence-corrected chi connectivity index (χ3v) is 5.21. The molecule has 18 heavy (non-hydrogen) atoms. The van der Waals surface area contributed by atoms with Crippen molar-refractivity contribution in [1.82, 2.24) is 4.90 Å². The Balaban J connectivity index is 1.77. The summed E-state index contributed by atoms with van der Waals surface area (Å²) in [4.78, 5) is 12.9. The summed E-state index contributed by atoms with van der Waals surface area (Å²) in [5, 5.41) is 17.9. The number of carbonyl (C=O) groups is 1. The summed E-state index contributed by atoms with van der Waals surface area (Å²) < 4.78 is 0. The predicted molar refractivity (Wildman–Crippen MR) is 65.7 cm³/mol. The number of nitriles is 1. The molecule has 0 unspecified atom stereocenters. The summed E-state index contributed by atoms with van der Waals surface area (Å²) in [5.41, 5.74) is 0. The van der Waals surface area contributed by atoms with E-state index in [1.807, 2.05) is 4.90 Å². The molecule has 0 amide bonds. The van der Waals surface area contributed by atoms with Crippen molar-refractivity contribution in [2.24, 2.45) is 23.7 Å². The van der Waals surface area contributed by atoms with Crippen LogP contribution in [0.3, 0.4) is 0 Å². The van der Waals surface area contributed by atoms with Crippen LogP contribution in [0.5, 0.6) is 0 Å². The van der Waals surface area contributed by atoms with Crippen LogP contribution < -0.4 is 0 Å². The van der Waals surface area contributed by atoms with Crippen molar-refractivity contribution in [1.29, 1.82) is 5.26 Å². The maximum absolute atomic E-state index is 11.0. The van der Waals surface area contributed by atoms with E-state index in [9.17, 15) is 4.79 Å². The van der Waals surface area contributed by atoms with E-state index >= 15 is 0 Å². The summed E-state index contributed by atoms with van der Waals surface area (Å²) in [7, 11) is 0. The first-order valence-corrected chi connectivity index (χ1v) is 7.00. The zero-order valence-corrected chi connectivity index (χ0v) is 10.6. The molecule has 0 aromatic carbocycles. The molecule has 0 aromatic rings. The van der Waals surface area contributed by atoms with E-state index in [1.165, 1.54) is 32.1 Å². The molecule has 4 fully saturated rings. The molecule has 4 nitrogen and oxygen atoms in total. The lowest BCUT2D eigenvalue weighted by atomic mass is 9.54. The minimum absolute atomic E-state index is 0.0283. The zero-order chi connectivity index (χ0) is 12.7. The highest BCUT2D eigenvalue weighted by Crippen LogP contribution is 2.55. The Kier molecular flexibility index (Phi) is 3.03. The summed E-state index contributed by atoms with van der Waals surface area (Å²) in [6, 6.07) is 2.50. The van der Waals surface area contributed by atoms with Gasteiger partial charge in [-0.05, 0) is 55.8 Å². The number of aliphatic carboxylic acids is 1. The highest BCUT2D eigenvalue weighted by molar-refractivity contribution is 5.69. The summed E-state index contributed by atoms with van der Waals surface area (Å²) >= 11 is 0. The Labute approximate surface area is 108 Å². The number of hydrogen-bond acceptors (Lipinski definition) is 3. The summed E-state index contributed by atoms with van der Waals surface area (Å²) in [6.07, 6.45) is 6.45. The molecule has 0 heterocycles. The first-order chi connectivity index (χ1) is 8.67. The molecule has 98 valence electrons. The lowest BCUT2D eigenvalue weighted by Crippen LogP contribution is -2.57. The zero-order valence-electron chi connectivity index (χ0n) is 10.6. The highest BCUT2D eigenvalue weighted by Gasteiger charge is 2.50. The first kappa shape index (κ1) is 12.0. The minimum atomic E-state index is -0.806. The summed E-state index contributed by atoms with van der Waals surface area (Å²) in [6.45, 7) is 0.292. The fraction of sp³-hybridized carbons (Fsp3) is 0.857. The molecule has 0 radical (unpaired) electrons. The van der Waals surface area contributed by atoms with E-state index in [-0.39, 0.29) is 13.1 Å². The van der Waals surface area contributed by atoms with Gasteiger partial charge in [0.2, 0.25) is 0 Å². The maximum atomic E-state index is 11.0. The molecule has 4 heteroatoms. The largest absolute Gasteiger partial charge is 0.480 e. The van der Waals surface area contributed by atoms with Crippen LogP contribution in [0.25, 0.3) is 0 Å². The van der Waals surface area contributed by atoms with Gasteiger partial charge >= 0.3 is 5.97 Å². The van der Waals surface area contributed by atoms with E-state index in [2.05, 4.69) is 6.07 Å². The Hall–Kier alpha value is -1.08. The second-order valence-corrected chi connectivity index (χ2v) is 6.38. The molecule has 4 aliphatic carbocycles. The van der Waals surface area contributed by atoms with Gasteiger partial charge in [0.05, 0.1) is 19.2 Å². The van der Waals surface area contributed by atoms with Gasteiger partial charge in [-0.1, -0.05) is 0 Å². The number of hydrogen-bond donors (Lipinski definition) is 1. The highest BCUT2D eigenvalue weighted by atomic mass is 16.4. The normalized spacial score (nSPS) is 41.0. The van der Waals surface area contributed by atoms with Crippen LogP contribution in [0, 0.1) is 35.0 Å². The van der Waals surface area contributed by atoms with E-state index in [0.29, 0.717) is 17.9 Å². The van der Waals surface area contributed by atoms with Gasteiger partial charge < -0.3 is 5.11 Å². The van der Waals surface area contributed by atoms with Crippen molar-refractivity contribution in [3.63, 3.8) is 0 Å². The van der Waals surface area contributed by atoms with E-state index < -0.39 is 5.97 Å². The second kappa shape index (κ2) is 4.55. The van der Waals surface area contributed by atoms with Gasteiger partial charge in [-0.3, -0.25) is 9.69 Å². The number of carboxylic acid groups (broad SMARTS) is 1. The van der Waals surface area contributed by atoms with Crippen molar-refractivity contribution in [3.05, 3.63) is 0 Å². The smallest absolute Gasteiger partial charge is 0.317 e. The molecular weight excluding hydrogens is 228 g/mol. The van der Waals surface area contributed by atoms with Crippen LogP contribution in [-0.4, -0.2) is 35.1 Å². The second-order valence-electron chi connectivity index (χ2n) is 6.38. The summed E-state index contributed by atoms with van der Waals surface area (Å²) in [5.74, 6) is 2.26. The monoisotopic (exact) mass is 248 g/mol. The molecule has 0 saturated heterocycles. The first-order valence-electron chi connectivity index (χ1n) is 7.00. The van der Waals surface area contributed by atoms with Crippen LogP contribution >= 0.6 is 0 Å². The maximum Gasteiger partial charge on any atom is 0.317 e. The number of nitrogens with zero attached hydrogens (tertiary/aromatic N) is 2. The van der Waals surface area contributed by atoms with Gasteiger partial charge in [-0.15, -0.1) is 0 Å². The Morgan fingerprint density at radius 2 is 1.72 bits per heavy atom. The van der Waals surface area contributed by atoms with Crippen LogP contribution in [0.15, 0.2) is 0 Å². The Morgan fingerprint density at radius 3 is 2.17 bits per heavy atom. The number of rotatable bonds is 4. The van der Waals surface area contributed by atoms with E-state index in [0.717, 1.165) is 11.8 Å². The van der Waals surface area contributed by atoms with Crippen molar-refractivity contribution < 1.29 is 9.90 Å². The van der Waals surface area contributed by atoms with Crippen molar-refractivity contribution >= 4 is 5.97 Å². The van der Waals surface area contributed by atoms with Crippen LogP contribution in [-0.2, 0) is 4.79 Å². The van der Waals surface area contributed by atoms with Crippen molar-refractivity contribution in [3.8, 4) is 6.07 Å². The lowest BCUT2D eigenvalue weighted by molar-refractivity contribution is -0.141. The van der Waals surface area contributed by atoms with Crippen molar-refractivity contribution in [2.45, 2.75) is 38.1 Å². The van der Waals surface area contributed by atoms with Crippen LogP contribution in [0.4, 0.5) is 0 Å². The van der Waals surface area contributed by atoms with Gasteiger partial charge in [0.15, 0.2) is 0 Å². The lowest BCUT2D eigenvalue weighted by Gasteiger charge is -2.56. The number of carboxylic acids is 1. The molecule has 4 aliphatic rings. The van der Waals surface area contributed by atoms with Crippen molar-refractivity contribution in [2.75, 3.05) is 13.1 Å². The van der Waals surface area contributed by atoms with E-state index in [4.69, 9.17) is 10.4 Å². The third-order valence-electron chi connectivity index (χ3n) is 5.21. The van der Waals surface area contributed by atoms with Crippen LogP contribution in [0.2, 0.25) is 0 Å². The molecule has 4 bridgehead atoms. The average molecular weight is 248 g/mol. The van der Waals surface area contributed by atoms with Crippen LogP contribution in [0.1, 0.15) is 32.1 Å². The topological polar surface area (TPSA) is 64.3 Å². The molecule has 0 spiro atoms. The standard InChI is InChI=1S/C14H20N2O2/c15-1-2-16(8-13(17)18)14-11-4-9-3-10(6-11)7-12(14)5-9/h9-12,14H,2-8H2,(H,17,18). The van der Waals surface area contributed by atoms with Gasteiger partial charge in [-0.2, -0.15) is 5.26 Å².